The summed E-state index contributed by atoms with van der Waals surface area (Å²) in [4.78, 5) is 41.2. The van der Waals surface area contributed by atoms with Gasteiger partial charge in [0.1, 0.15) is 24.0 Å². The van der Waals surface area contributed by atoms with E-state index < -0.39 is 36.1 Å². The highest BCUT2D eigenvalue weighted by Gasteiger charge is 2.30. The maximum Gasteiger partial charge on any atom is 0.328 e. The third-order valence-electron chi connectivity index (χ3n) is 5.68. The molecule has 1 aromatic heterocycles. The maximum absolute atomic E-state index is 12.9. The number of amides is 1. The Balaban J connectivity index is 1.71. The first-order valence-electron chi connectivity index (χ1n) is 12.0. The predicted octanol–water partition coefficient (Wildman–Crippen LogP) is 4.32. The smallest absolute Gasteiger partial charge is 0.328 e. The number of hydrogen-bond donors (Lipinski definition) is 1. The van der Waals surface area contributed by atoms with Crippen molar-refractivity contribution in [2.24, 2.45) is 5.92 Å². The van der Waals surface area contributed by atoms with Crippen molar-refractivity contribution in [3.05, 3.63) is 60.4 Å². The number of methoxy groups -OCH3 is 1. The van der Waals surface area contributed by atoms with Crippen LogP contribution < -0.4 is 19.5 Å². The Labute approximate surface area is 216 Å². The Hall–Kier alpha value is -4.14. The van der Waals surface area contributed by atoms with E-state index in [-0.39, 0.29) is 23.1 Å². The molecule has 0 spiro atoms. The van der Waals surface area contributed by atoms with Crippen molar-refractivity contribution in [2.45, 2.75) is 52.9 Å². The quantitative estimate of drug-likeness (QED) is 0.403. The van der Waals surface area contributed by atoms with Crippen molar-refractivity contribution < 1.29 is 33.3 Å². The van der Waals surface area contributed by atoms with E-state index in [0.29, 0.717) is 5.75 Å². The zero-order valence-electron chi connectivity index (χ0n) is 21.8. The number of esters is 2. The van der Waals surface area contributed by atoms with Gasteiger partial charge in [-0.1, -0.05) is 50.2 Å². The van der Waals surface area contributed by atoms with Gasteiger partial charge in [-0.05, 0) is 31.2 Å². The molecule has 0 radical (unpaired) electrons. The monoisotopic (exact) mass is 508 g/mol. The van der Waals surface area contributed by atoms with E-state index in [0.717, 1.165) is 10.8 Å². The molecule has 3 atom stereocenters. The van der Waals surface area contributed by atoms with Crippen molar-refractivity contribution in [3.63, 3.8) is 0 Å². The summed E-state index contributed by atoms with van der Waals surface area (Å²) in [6.07, 6.45) is 0.287. The van der Waals surface area contributed by atoms with Crippen LogP contribution in [0.15, 0.2) is 54.7 Å². The molecule has 0 saturated carbocycles. The standard InChI is InChI=1S/C28H32N2O7/c1-16(2)25(37-22-13-9-11-20-10-7-8-12-21(20)22)18(4)35-28(33)17(3)30-27(32)24-26(36-19(5)31)23(34-6)14-15-29-24/h7-18,25H,1-6H3,(H,30,32)/t17-,18-,25-/m0/s1. The third kappa shape index (κ3) is 6.75. The average Bonchev–Trinajstić information content (AvgIpc) is 2.86. The highest BCUT2D eigenvalue weighted by molar-refractivity contribution is 5.98. The van der Waals surface area contributed by atoms with Gasteiger partial charge in [0.2, 0.25) is 5.75 Å². The number of ether oxygens (including phenoxy) is 4. The number of nitrogens with one attached hydrogen (secondary N) is 1. The molecule has 1 heterocycles. The van der Waals surface area contributed by atoms with Crippen molar-refractivity contribution in [3.8, 4) is 17.2 Å². The summed E-state index contributed by atoms with van der Waals surface area (Å²) in [5.41, 5.74) is -0.193. The van der Waals surface area contributed by atoms with Gasteiger partial charge in [0.05, 0.1) is 7.11 Å². The topological polar surface area (TPSA) is 113 Å². The largest absolute Gasteiger partial charge is 0.493 e. The molecule has 0 fully saturated rings. The first-order valence-corrected chi connectivity index (χ1v) is 12.0. The summed E-state index contributed by atoms with van der Waals surface area (Å²) in [6, 6.07) is 14.1. The lowest BCUT2D eigenvalue weighted by molar-refractivity contribution is -0.155. The van der Waals surface area contributed by atoms with Crippen LogP contribution in [-0.2, 0) is 14.3 Å². The van der Waals surface area contributed by atoms with Gasteiger partial charge in [-0.25, -0.2) is 9.78 Å². The van der Waals surface area contributed by atoms with Gasteiger partial charge >= 0.3 is 11.9 Å². The van der Waals surface area contributed by atoms with Gasteiger partial charge < -0.3 is 24.3 Å². The highest BCUT2D eigenvalue weighted by Crippen LogP contribution is 2.30. The zero-order valence-corrected chi connectivity index (χ0v) is 21.8. The molecule has 0 aliphatic heterocycles. The Bertz CT molecular complexity index is 1270. The van der Waals surface area contributed by atoms with Crippen molar-refractivity contribution in [2.75, 3.05) is 7.11 Å². The maximum atomic E-state index is 12.9. The van der Waals surface area contributed by atoms with Gasteiger partial charge in [0.25, 0.3) is 5.91 Å². The van der Waals surface area contributed by atoms with Crippen LogP contribution in [-0.4, -0.2) is 48.2 Å². The van der Waals surface area contributed by atoms with Gasteiger partial charge in [0.15, 0.2) is 11.4 Å². The van der Waals surface area contributed by atoms with Crippen molar-refractivity contribution in [1.29, 1.82) is 0 Å². The number of benzene rings is 2. The number of fused-ring (bicyclic) bond motifs is 1. The van der Waals surface area contributed by atoms with Gasteiger partial charge in [-0.15, -0.1) is 0 Å². The fourth-order valence-electron chi connectivity index (χ4n) is 3.89. The second-order valence-corrected chi connectivity index (χ2v) is 8.93. The number of nitrogens with zero attached hydrogens (tertiary/aromatic N) is 1. The number of hydrogen-bond acceptors (Lipinski definition) is 8. The molecule has 2 aromatic carbocycles. The van der Waals surface area contributed by atoms with Crippen LogP contribution in [0.5, 0.6) is 17.2 Å². The molecular weight excluding hydrogens is 476 g/mol. The molecule has 1 amide bonds. The Morgan fingerprint density at radius 1 is 0.919 bits per heavy atom. The minimum atomic E-state index is -1.02. The molecule has 1 N–H and O–H groups in total. The first kappa shape index (κ1) is 27.4. The summed E-state index contributed by atoms with van der Waals surface area (Å²) in [6.45, 7) is 8.41. The molecule has 3 rings (SSSR count). The van der Waals surface area contributed by atoms with E-state index in [1.54, 1.807) is 6.92 Å². The number of rotatable bonds is 10. The summed E-state index contributed by atoms with van der Waals surface area (Å²) in [7, 11) is 1.37. The number of aromatic nitrogens is 1. The molecule has 3 aromatic rings. The lowest BCUT2D eigenvalue weighted by Gasteiger charge is -2.29. The molecular formula is C28H32N2O7. The van der Waals surface area contributed by atoms with Gasteiger partial charge in [0, 0.05) is 24.6 Å². The Kier molecular flexibility index (Phi) is 9.05. The SMILES string of the molecule is COc1ccnc(C(=O)N[C@@H](C)C(=O)O[C@@H](C)[C@@H](Oc2cccc3ccccc23)C(C)C)c1OC(C)=O. The number of carbonyl (C=O) groups is 3. The third-order valence-corrected chi connectivity index (χ3v) is 5.68. The molecule has 9 heteroatoms. The minimum Gasteiger partial charge on any atom is -0.493 e. The van der Waals surface area contributed by atoms with Crippen molar-refractivity contribution in [1.82, 2.24) is 10.3 Å². The van der Waals surface area contributed by atoms with Crippen LogP contribution in [0.4, 0.5) is 0 Å². The molecule has 9 nitrogen and oxygen atoms in total. The zero-order chi connectivity index (χ0) is 27.1. The summed E-state index contributed by atoms with van der Waals surface area (Å²) in [5.74, 6) is -1.27. The second-order valence-electron chi connectivity index (χ2n) is 8.93. The van der Waals surface area contributed by atoms with Gasteiger partial charge in [-0.2, -0.15) is 0 Å². The van der Waals surface area contributed by atoms with E-state index in [1.807, 2.05) is 56.3 Å². The van der Waals surface area contributed by atoms with Crippen LogP contribution in [0.1, 0.15) is 45.1 Å². The fourth-order valence-corrected chi connectivity index (χ4v) is 3.89. The van der Waals surface area contributed by atoms with E-state index >= 15 is 0 Å². The highest BCUT2D eigenvalue weighted by atomic mass is 16.6. The molecule has 0 saturated heterocycles. The molecule has 0 bridgehead atoms. The lowest BCUT2D eigenvalue weighted by atomic mass is 10.0. The number of carbonyl (C=O) groups excluding carboxylic acids is 3. The molecule has 196 valence electrons. The molecule has 37 heavy (non-hydrogen) atoms. The summed E-state index contributed by atoms with van der Waals surface area (Å²) < 4.78 is 22.3. The van der Waals surface area contributed by atoms with Crippen LogP contribution in [0.3, 0.4) is 0 Å². The second kappa shape index (κ2) is 12.2. The van der Waals surface area contributed by atoms with E-state index in [2.05, 4.69) is 10.3 Å². The van der Waals surface area contributed by atoms with Crippen LogP contribution in [0, 0.1) is 5.92 Å². The Morgan fingerprint density at radius 2 is 1.62 bits per heavy atom. The normalized spacial score (nSPS) is 13.4. The number of pyridine rings is 1. The van der Waals surface area contributed by atoms with E-state index in [1.165, 1.54) is 33.2 Å². The molecule has 0 aliphatic carbocycles. The molecule has 0 aliphatic rings. The molecule has 0 unspecified atom stereocenters. The van der Waals surface area contributed by atoms with Crippen molar-refractivity contribution >= 4 is 28.6 Å². The van der Waals surface area contributed by atoms with Gasteiger partial charge in [-0.3, -0.25) is 9.59 Å². The van der Waals surface area contributed by atoms with Crippen LogP contribution in [0.25, 0.3) is 10.8 Å². The Morgan fingerprint density at radius 3 is 2.30 bits per heavy atom. The lowest BCUT2D eigenvalue weighted by Crippen LogP contribution is -2.44. The average molecular weight is 509 g/mol. The fraction of sp³-hybridized carbons (Fsp3) is 0.357. The van der Waals surface area contributed by atoms with Crippen LogP contribution >= 0.6 is 0 Å². The van der Waals surface area contributed by atoms with Crippen LogP contribution in [0.2, 0.25) is 0 Å². The summed E-state index contributed by atoms with van der Waals surface area (Å²) in [5, 5.41) is 4.55. The van der Waals surface area contributed by atoms with E-state index in [4.69, 9.17) is 18.9 Å². The first-order chi connectivity index (χ1) is 17.6. The van der Waals surface area contributed by atoms with E-state index in [9.17, 15) is 14.4 Å². The minimum absolute atomic E-state index is 0.0268. The predicted molar refractivity (Wildman–Crippen MR) is 138 cm³/mol. The summed E-state index contributed by atoms with van der Waals surface area (Å²) >= 11 is 0.